The number of ether oxygens (including phenoxy) is 3. The van der Waals surface area contributed by atoms with Gasteiger partial charge in [-0.05, 0) is 44.2 Å². The highest BCUT2D eigenvalue weighted by Crippen LogP contribution is 2.32. The molecule has 0 amide bonds. The van der Waals surface area contributed by atoms with Crippen LogP contribution in [0.2, 0.25) is 5.02 Å². The number of nitro benzene ring substituents is 1. The summed E-state index contributed by atoms with van der Waals surface area (Å²) in [5.41, 5.74) is -1.57. The van der Waals surface area contributed by atoms with E-state index in [-0.39, 0.29) is 17.2 Å². The number of hydrogen-bond donors (Lipinski definition) is 0. The van der Waals surface area contributed by atoms with Crippen LogP contribution in [-0.4, -0.2) is 23.6 Å². The first-order chi connectivity index (χ1) is 11.7. The van der Waals surface area contributed by atoms with Crippen LogP contribution < -0.4 is 14.2 Å². The molecule has 2 aromatic carbocycles. The summed E-state index contributed by atoms with van der Waals surface area (Å²) in [4.78, 5) is 22.8. The summed E-state index contributed by atoms with van der Waals surface area (Å²) >= 11 is 5.81. The van der Waals surface area contributed by atoms with Crippen LogP contribution in [0.4, 0.5) is 5.69 Å². The summed E-state index contributed by atoms with van der Waals surface area (Å²) in [6, 6.07) is 10.2. The number of carbonyl (C=O) groups excluding carboxylic acids is 1. The molecule has 0 spiro atoms. The zero-order valence-electron chi connectivity index (χ0n) is 13.8. The molecule has 2 aromatic rings. The van der Waals surface area contributed by atoms with Crippen molar-refractivity contribution in [3.63, 3.8) is 0 Å². The fourth-order valence-corrected chi connectivity index (χ4v) is 2.05. The first-order valence-corrected chi connectivity index (χ1v) is 7.60. The monoisotopic (exact) mass is 365 g/mol. The second-order valence-electron chi connectivity index (χ2n) is 5.55. The molecule has 0 aliphatic rings. The number of carbonyl (C=O) groups is 1. The van der Waals surface area contributed by atoms with Gasteiger partial charge in [0.25, 0.3) is 5.69 Å². The van der Waals surface area contributed by atoms with E-state index < -0.39 is 16.5 Å². The molecule has 7 nitrogen and oxygen atoms in total. The van der Waals surface area contributed by atoms with Gasteiger partial charge < -0.3 is 14.2 Å². The molecule has 0 saturated heterocycles. The highest BCUT2D eigenvalue weighted by atomic mass is 35.5. The van der Waals surface area contributed by atoms with Gasteiger partial charge >= 0.3 is 5.97 Å². The molecule has 0 heterocycles. The summed E-state index contributed by atoms with van der Waals surface area (Å²) < 4.78 is 16.0. The summed E-state index contributed by atoms with van der Waals surface area (Å²) in [5, 5.41) is 11.4. The summed E-state index contributed by atoms with van der Waals surface area (Å²) in [7, 11) is 1.37. The Morgan fingerprint density at radius 1 is 1.12 bits per heavy atom. The molecule has 25 heavy (non-hydrogen) atoms. The van der Waals surface area contributed by atoms with E-state index in [9.17, 15) is 14.9 Å². The van der Waals surface area contributed by atoms with E-state index in [2.05, 4.69) is 0 Å². The van der Waals surface area contributed by atoms with E-state index in [0.717, 1.165) is 6.07 Å². The molecular weight excluding hydrogens is 350 g/mol. The zero-order valence-corrected chi connectivity index (χ0v) is 14.6. The highest BCUT2D eigenvalue weighted by molar-refractivity contribution is 6.30. The lowest BCUT2D eigenvalue weighted by atomic mass is 10.1. The van der Waals surface area contributed by atoms with Crippen molar-refractivity contribution in [2.75, 3.05) is 7.11 Å². The number of methoxy groups -OCH3 is 1. The molecule has 0 atom stereocenters. The van der Waals surface area contributed by atoms with E-state index in [1.165, 1.54) is 33.1 Å². The number of non-ortho nitro benzene ring substituents is 1. The highest BCUT2D eigenvalue weighted by Gasteiger charge is 2.33. The molecule has 0 unspecified atom stereocenters. The third kappa shape index (κ3) is 4.60. The lowest BCUT2D eigenvalue weighted by molar-refractivity contribution is -0.384. The average Bonchev–Trinajstić information content (AvgIpc) is 2.56. The first-order valence-electron chi connectivity index (χ1n) is 7.22. The van der Waals surface area contributed by atoms with Crippen LogP contribution in [0.15, 0.2) is 42.5 Å². The normalized spacial score (nSPS) is 10.9. The van der Waals surface area contributed by atoms with Gasteiger partial charge in [0.2, 0.25) is 5.60 Å². The fourth-order valence-electron chi connectivity index (χ4n) is 1.92. The Balaban J connectivity index is 2.20. The second-order valence-corrected chi connectivity index (χ2v) is 5.98. The van der Waals surface area contributed by atoms with Crippen molar-refractivity contribution >= 4 is 23.3 Å². The number of nitrogens with zero attached hydrogens (tertiary/aromatic N) is 1. The SMILES string of the molecule is COc1ccc([N+](=O)[O-])cc1OC(=O)C(C)(C)Oc1ccc(Cl)cc1. The second kappa shape index (κ2) is 7.40. The molecule has 0 saturated carbocycles. The van der Waals surface area contributed by atoms with E-state index in [4.69, 9.17) is 25.8 Å². The fraction of sp³-hybridized carbons (Fsp3) is 0.235. The van der Waals surface area contributed by atoms with Crippen molar-refractivity contribution in [1.29, 1.82) is 0 Å². The van der Waals surface area contributed by atoms with Gasteiger partial charge in [-0.2, -0.15) is 0 Å². The maximum Gasteiger partial charge on any atom is 0.355 e. The van der Waals surface area contributed by atoms with E-state index in [1.807, 2.05) is 0 Å². The molecule has 0 aliphatic carbocycles. The van der Waals surface area contributed by atoms with Crippen molar-refractivity contribution in [3.05, 3.63) is 57.6 Å². The molecule has 0 aromatic heterocycles. The molecule has 132 valence electrons. The molecule has 0 fully saturated rings. The van der Waals surface area contributed by atoms with Crippen molar-refractivity contribution in [1.82, 2.24) is 0 Å². The van der Waals surface area contributed by atoms with E-state index in [0.29, 0.717) is 10.8 Å². The predicted molar refractivity (Wildman–Crippen MR) is 91.4 cm³/mol. The number of esters is 1. The predicted octanol–water partition coefficient (Wildman–Crippen LogP) is 4.02. The summed E-state index contributed by atoms with van der Waals surface area (Å²) in [6.45, 7) is 3.04. The maximum atomic E-state index is 12.5. The van der Waals surface area contributed by atoms with Crippen LogP contribution >= 0.6 is 11.6 Å². The van der Waals surface area contributed by atoms with Crippen molar-refractivity contribution < 1.29 is 23.9 Å². The van der Waals surface area contributed by atoms with Crippen LogP contribution in [0.1, 0.15) is 13.8 Å². The van der Waals surface area contributed by atoms with Crippen LogP contribution in [0.25, 0.3) is 0 Å². The van der Waals surface area contributed by atoms with Crippen LogP contribution in [0.5, 0.6) is 17.2 Å². The topological polar surface area (TPSA) is 87.9 Å². The number of halogens is 1. The largest absolute Gasteiger partial charge is 0.493 e. The van der Waals surface area contributed by atoms with E-state index in [1.54, 1.807) is 24.3 Å². The minimum atomic E-state index is -1.34. The Labute approximate surface area is 149 Å². The van der Waals surface area contributed by atoms with Gasteiger partial charge in [0.1, 0.15) is 5.75 Å². The first kappa shape index (κ1) is 18.5. The molecule has 0 bridgehead atoms. The third-order valence-electron chi connectivity index (χ3n) is 3.24. The third-order valence-corrected chi connectivity index (χ3v) is 3.49. The Hall–Kier alpha value is -2.80. The van der Waals surface area contributed by atoms with Crippen molar-refractivity contribution in [2.24, 2.45) is 0 Å². The molecule has 0 aliphatic heterocycles. The van der Waals surface area contributed by atoms with Crippen LogP contribution in [0, 0.1) is 10.1 Å². The van der Waals surface area contributed by atoms with Gasteiger partial charge in [0, 0.05) is 11.1 Å². The van der Waals surface area contributed by atoms with E-state index >= 15 is 0 Å². The van der Waals surface area contributed by atoms with Crippen molar-refractivity contribution in [3.8, 4) is 17.2 Å². The molecule has 0 radical (unpaired) electrons. The van der Waals surface area contributed by atoms with Crippen molar-refractivity contribution in [2.45, 2.75) is 19.4 Å². The number of nitro groups is 1. The zero-order chi connectivity index (χ0) is 18.6. The number of hydrogen-bond acceptors (Lipinski definition) is 6. The summed E-state index contributed by atoms with van der Waals surface area (Å²) in [5.74, 6) is -0.172. The quantitative estimate of drug-likeness (QED) is 0.332. The van der Waals surface area contributed by atoms with Gasteiger partial charge in [-0.15, -0.1) is 0 Å². The van der Waals surface area contributed by atoms with Gasteiger partial charge in [-0.25, -0.2) is 4.79 Å². The van der Waals surface area contributed by atoms with Crippen LogP contribution in [0.3, 0.4) is 0 Å². The van der Waals surface area contributed by atoms with Gasteiger partial charge in [-0.1, -0.05) is 11.6 Å². The Bertz CT molecular complexity index is 788. The minimum Gasteiger partial charge on any atom is -0.493 e. The van der Waals surface area contributed by atoms with Gasteiger partial charge in [0.15, 0.2) is 11.5 Å². The lowest BCUT2D eigenvalue weighted by Gasteiger charge is -2.24. The van der Waals surface area contributed by atoms with Crippen LogP contribution in [-0.2, 0) is 4.79 Å². The maximum absolute atomic E-state index is 12.5. The lowest BCUT2D eigenvalue weighted by Crippen LogP contribution is -2.41. The Morgan fingerprint density at radius 3 is 2.32 bits per heavy atom. The minimum absolute atomic E-state index is 0.0607. The Morgan fingerprint density at radius 2 is 1.76 bits per heavy atom. The van der Waals surface area contributed by atoms with Gasteiger partial charge in [0.05, 0.1) is 18.1 Å². The molecule has 2 rings (SSSR count). The molecular formula is C17H16ClNO6. The standard InChI is InChI=1S/C17H16ClNO6/c1-17(2,25-13-7-4-11(18)5-8-13)16(20)24-15-10-12(19(21)22)6-9-14(15)23-3/h4-10H,1-3H3. The smallest absolute Gasteiger partial charge is 0.355 e. The summed E-state index contributed by atoms with van der Waals surface area (Å²) in [6.07, 6.45) is 0. The van der Waals surface area contributed by atoms with Gasteiger partial charge in [-0.3, -0.25) is 10.1 Å². The average molecular weight is 366 g/mol. The molecule has 8 heteroatoms. The Kier molecular flexibility index (Phi) is 5.48. The molecule has 0 N–H and O–H groups in total. The number of benzene rings is 2. The number of rotatable bonds is 6.